The molecule has 0 aliphatic heterocycles. The Kier molecular flexibility index (Phi) is 12.9. The predicted octanol–water partition coefficient (Wildman–Crippen LogP) is 1.73. The number of rotatable bonds is 18. The number of esters is 1. The number of carbonyl (C=O) groups is 4. The number of aromatic nitrogens is 1. The summed E-state index contributed by atoms with van der Waals surface area (Å²) in [6.07, 6.45) is 1.22. The minimum absolute atomic E-state index is 0.0717. The van der Waals surface area contributed by atoms with E-state index in [0.717, 1.165) is 5.56 Å². The molecule has 0 bridgehead atoms. The van der Waals surface area contributed by atoms with Crippen LogP contribution in [0.2, 0.25) is 0 Å². The Morgan fingerprint density at radius 3 is 2.33 bits per heavy atom. The lowest BCUT2D eigenvalue weighted by molar-refractivity contribution is -0.130. The van der Waals surface area contributed by atoms with Crippen LogP contribution in [0.25, 0.3) is 10.9 Å². The van der Waals surface area contributed by atoms with Crippen LogP contribution in [0.15, 0.2) is 72.9 Å². The number of sulfonamides is 1. The molecule has 0 aliphatic rings. The zero-order valence-electron chi connectivity index (χ0n) is 28.2. The molecule has 4 aromatic rings. The van der Waals surface area contributed by atoms with Crippen LogP contribution in [0.4, 0.5) is 0 Å². The van der Waals surface area contributed by atoms with Gasteiger partial charge in [-0.1, -0.05) is 36.4 Å². The predicted molar refractivity (Wildman–Crippen MR) is 190 cm³/mol. The molecule has 0 aliphatic carbocycles. The lowest BCUT2D eigenvalue weighted by Gasteiger charge is -2.23. The molecule has 1 heterocycles. The zero-order valence-corrected chi connectivity index (χ0v) is 29.0. The summed E-state index contributed by atoms with van der Waals surface area (Å²) in [5.41, 5.74) is 14.5. The summed E-state index contributed by atoms with van der Waals surface area (Å²) < 4.78 is 38.6. The number of ether oxygens (including phenoxy) is 2. The first kappa shape index (κ1) is 38.1. The van der Waals surface area contributed by atoms with Gasteiger partial charge in [0, 0.05) is 35.6 Å². The first-order valence-electron chi connectivity index (χ1n) is 16.0. The summed E-state index contributed by atoms with van der Waals surface area (Å²) in [6, 6.07) is 16.2. The van der Waals surface area contributed by atoms with E-state index in [4.69, 9.17) is 26.4 Å². The quantitative estimate of drug-likeness (QED) is 0.0449. The monoisotopic (exact) mass is 719 g/mol. The fourth-order valence-corrected chi connectivity index (χ4v) is 5.93. The standard InChI is InChI=1S/C35H41N7O8S/c1-3-51(47,48)42-30(34(45)41-29(13-14-31(36)43)33(44)40-18-21-7-9-23(10-8-21)32(37)38)16-25-19-39-28-12-11-26(17-27(25)28)50-20-22-5-4-6-24(15-22)35(46)49-2/h4-12,15,17,19,29-30,39,42H,3,13-14,16,18,20H2,1-2H3,(H2,36,43)(H3,37,38)(H,40,44)(H,41,45)/t29-,30+/m0/s1. The molecular formula is C35H41N7O8S. The van der Waals surface area contributed by atoms with Crippen LogP contribution < -0.4 is 31.6 Å². The minimum Gasteiger partial charge on any atom is -0.489 e. The van der Waals surface area contributed by atoms with Crippen molar-refractivity contribution in [1.82, 2.24) is 20.3 Å². The van der Waals surface area contributed by atoms with Gasteiger partial charge in [0.1, 0.15) is 30.3 Å². The van der Waals surface area contributed by atoms with Crippen molar-refractivity contribution in [3.8, 4) is 5.75 Å². The summed E-state index contributed by atoms with van der Waals surface area (Å²) in [5, 5.41) is 13.5. The van der Waals surface area contributed by atoms with Crippen molar-refractivity contribution in [3.63, 3.8) is 0 Å². The summed E-state index contributed by atoms with van der Waals surface area (Å²) in [7, 11) is -2.59. The van der Waals surface area contributed by atoms with E-state index in [0.29, 0.717) is 38.9 Å². The van der Waals surface area contributed by atoms with E-state index in [1.165, 1.54) is 14.0 Å². The second-order valence-electron chi connectivity index (χ2n) is 11.7. The number of benzene rings is 3. The molecule has 2 atom stereocenters. The van der Waals surface area contributed by atoms with Crippen LogP contribution >= 0.6 is 0 Å². The van der Waals surface area contributed by atoms with Gasteiger partial charge < -0.3 is 36.6 Å². The van der Waals surface area contributed by atoms with Gasteiger partial charge in [-0.25, -0.2) is 17.9 Å². The number of methoxy groups -OCH3 is 1. The third-order valence-electron chi connectivity index (χ3n) is 7.98. The maximum Gasteiger partial charge on any atom is 0.337 e. The topological polar surface area (TPSA) is 249 Å². The average molecular weight is 720 g/mol. The maximum absolute atomic E-state index is 13.7. The molecule has 9 N–H and O–H groups in total. The first-order chi connectivity index (χ1) is 24.3. The van der Waals surface area contributed by atoms with Gasteiger partial charge in [-0.05, 0) is 66.8 Å². The molecule has 0 saturated carbocycles. The fraction of sp³-hybridized carbons (Fsp3) is 0.286. The van der Waals surface area contributed by atoms with Crippen LogP contribution in [0.1, 0.15) is 52.4 Å². The zero-order chi connectivity index (χ0) is 37.1. The first-order valence-corrected chi connectivity index (χ1v) is 17.6. The fourth-order valence-electron chi connectivity index (χ4n) is 5.14. The Labute approximate surface area is 295 Å². The number of fused-ring (bicyclic) bond motifs is 1. The number of aromatic amines is 1. The lowest BCUT2D eigenvalue weighted by atomic mass is 10.0. The molecule has 0 unspecified atom stereocenters. The Bertz CT molecular complexity index is 2010. The van der Waals surface area contributed by atoms with Gasteiger partial charge in [0.2, 0.25) is 27.7 Å². The number of primary amides is 1. The van der Waals surface area contributed by atoms with Gasteiger partial charge in [-0.2, -0.15) is 0 Å². The second-order valence-corrected chi connectivity index (χ2v) is 13.7. The third kappa shape index (κ3) is 10.9. The number of H-pyrrole nitrogens is 1. The number of hydrogen-bond donors (Lipinski definition) is 7. The maximum atomic E-state index is 13.7. The Morgan fingerprint density at radius 2 is 1.67 bits per heavy atom. The van der Waals surface area contributed by atoms with Crippen molar-refractivity contribution in [2.24, 2.45) is 11.5 Å². The van der Waals surface area contributed by atoms with E-state index >= 15 is 0 Å². The number of hydrogen-bond acceptors (Lipinski definition) is 9. The summed E-state index contributed by atoms with van der Waals surface area (Å²) in [5.74, 6) is -2.45. The smallest absolute Gasteiger partial charge is 0.337 e. The van der Waals surface area contributed by atoms with Crippen molar-refractivity contribution in [3.05, 3.63) is 101 Å². The van der Waals surface area contributed by atoms with Crippen molar-refractivity contribution in [2.45, 2.75) is 51.4 Å². The van der Waals surface area contributed by atoms with Gasteiger partial charge in [-0.15, -0.1) is 0 Å². The highest BCUT2D eigenvalue weighted by Crippen LogP contribution is 2.26. The number of nitrogens with two attached hydrogens (primary N) is 2. The van der Waals surface area contributed by atoms with Gasteiger partial charge in [0.15, 0.2) is 0 Å². The number of nitrogens with one attached hydrogen (secondary N) is 5. The van der Waals surface area contributed by atoms with Crippen molar-refractivity contribution >= 4 is 50.5 Å². The summed E-state index contributed by atoms with van der Waals surface area (Å²) >= 11 is 0. The van der Waals surface area contributed by atoms with Crippen LogP contribution in [-0.4, -0.2) is 67.9 Å². The van der Waals surface area contributed by atoms with E-state index < -0.39 is 45.8 Å². The molecule has 15 nitrogen and oxygen atoms in total. The normalized spacial score (nSPS) is 12.4. The van der Waals surface area contributed by atoms with Gasteiger partial charge in [-0.3, -0.25) is 19.8 Å². The van der Waals surface area contributed by atoms with E-state index in [-0.39, 0.29) is 44.0 Å². The molecule has 3 amide bonds. The molecule has 270 valence electrons. The number of amidine groups is 1. The van der Waals surface area contributed by atoms with Crippen molar-refractivity contribution in [1.29, 1.82) is 5.41 Å². The lowest BCUT2D eigenvalue weighted by Crippen LogP contribution is -2.54. The highest BCUT2D eigenvalue weighted by Gasteiger charge is 2.29. The summed E-state index contributed by atoms with van der Waals surface area (Å²) in [6.45, 7) is 1.65. The van der Waals surface area contributed by atoms with E-state index in [1.807, 2.05) is 0 Å². The molecule has 51 heavy (non-hydrogen) atoms. The van der Waals surface area contributed by atoms with Gasteiger partial charge in [0.25, 0.3) is 0 Å². The molecule has 3 aromatic carbocycles. The molecule has 0 fully saturated rings. The Hall–Kier alpha value is -5.74. The molecule has 1 aromatic heterocycles. The number of carbonyl (C=O) groups excluding carboxylic acids is 4. The highest BCUT2D eigenvalue weighted by atomic mass is 32.2. The minimum atomic E-state index is -3.89. The largest absolute Gasteiger partial charge is 0.489 e. The molecule has 16 heteroatoms. The van der Waals surface area contributed by atoms with Crippen molar-refractivity contribution in [2.75, 3.05) is 12.9 Å². The van der Waals surface area contributed by atoms with Crippen LogP contribution in [0.3, 0.4) is 0 Å². The third-order valence-corrected chi connectivity index (χ3v) is 9.38. The molecule has 0 saturated heterocycles. The molecular weight excluding hydrogens is 678 g/mol. The van der Waals surface area contributed by atoms with Crippen molar-refractivity contribution < 1.29 is 37.1 Å². The van der Waals surface area contributed by atoms with E-state index in [1.54, 1.807) is 72.9 Å². The number of nitrogen functional groups attached to an aromatic ring is 1. The molecule has 4 rings (SSSR count). The van der Waals surface area contributed by atoms with E-state index in [9.17, 15) is 27.6 Å². The second kappa shape index (κ2) is 17.3. The van der Waals surface area contributed by atoms with Gasteiger partial charge in [0.05, 0.1) is 18.4 Å². The summed E-state index contributed by atoms with van der Waals surface area (Å²) in [4.78, 5) is 53.6. The Balaban J connectivity index is 1.52. The van der Waals surface area contributed by atoms with Crippen LogP contribution in [-0.2, 0) is 48.7 Å². The molecule has 0 spiro atoms. The van der Waals surface area contributed by atoms with Crippen LogP contribution in [0, 0.1) is 5.41 Å². The van der Waals surface area contributed by atoms with E-state index in [2.05, 4.69) is 20.3 Å². The average Bonchev–Trinajstić information content (AvgIpc) is 3.52. The SMILES string of the molecule is CCS(=O)(=O)N[C@H](Cc1c[nH]c2ccc(OCc3cccc(C(=O)OC)c3)cc12)C(=O)N[C@@H](CCC(N)=O)C(=O)NCc1ccc(C(=N)N)cc1. The highest BCUT2D eigenvalue weighted by molar-refractivity contribution is 7.89. The van der Waals surface area contributed by atoms with Gasteiger partial charge >= 0.3 is 5.97 Å². The van der Waals surface area contributed by atoms with Crippen LogP contribution in [0.5, 0.6) is 5.75 Å². The Morgan fingerprint density at radius 1 is 0.922 bits per heavy atom. The number of amides is 3. The molecule has 0 radical (unpaired) electrons.